The molecule has 0 radical (unpaired) electrons. The lowest BCUT2D eigenvalue weighted by Crippen LogP contribution is -2.55. The smallest absolute Gasteiger partial charge is 0.242 e. The molecule has 0 atom stereocenters. The van der Waals surface area contributed by atoms with E-state index < -0.39 is 0 Å². The monoisotopic (exact) mass is 602 g/mol. The Labute approximate surface area is 219 Å². The average molecular weight is 604 g/mol. The topological polar surface area (TPSA) is 59.2 Å². The number of rotatable bonds is 5. The van der Waals surface area contributed by atoms with Crippen molar-refractivity contribution in [3.8, 4) is 5.69 Å². The first-order chi connectivity index (χ1) is 16.7. The maximum Gasteiger partial charge on any atom is 0.242 e. The lowest BCUT2D eigenvalue weighted by atomic mass is 9.97. The van der Waals surface area contributed by atoms with Crippen LogP contribution in [0.25, 0.3) is 16.6 Å². The first-order valence-corrected chi connectivity index (χ1v) is 13.0. The number of nitrogens with zero attached hydrogens (tertiary/aromatic N) is 6. The Kier molecular flexibility index (Phi) is 6.54. The number of aromatic nitrogens is 4. The fourth-order valence-electron chi connectivity index (χ4n) is 4.53. The molecule has 2 aromatic carbocycles. The van der Waals surface area contributed by atoms with Crippen LogP contribution in [-0.4, -0.2) is 61.4 Å². The highest BCUT2D eigenvalue weighted by Crippen LogP contribution is 2.28. The number of halogens is 3. The second-order valence-electron chi connectivity index (χ2n) is 9.22. The van der Waals surface area contributed by atoms with Crippen LogP contribution in [0.4, 0.5) is 4.39 Å². The molecule has 35 heavy (non-hydrogen) atoms. The number of carbonyl (C=O) groups is 1. The second kappa shape index (κ2) is 9.48. The summed E-state index contributed by atoms with van der Waals surface area (Å²) < 4.78 is 19.0. The molecule has 10 heteroatoms. The number of carbonyl (C=O) groups excluding carboxylic acids is 1. The number of fused-ring (bicyclic) bond motifs is 1. The van der Waals surface area contributed by atoms with E-state index in [0.717, 1.165) is 34.2 Å². The zero-order chi connectivity index (χ0) is 24.7. The van der Waals surface area contributed by atoms with E-state index in [-0.39, 0.29) is 17.3 Å². The molecule has 1 aliphatic heterocycles. The molecule has 3 heterocycles. The van der Waals surface area contributed by atoms with Gasteiger partial charge in [-0.15, -0.1) is 5.10 Å². The van der Waals surface area contributed by atoms with Gasteiger partial charge in [0.1, 0.15) is 18.1 Å². The van der Waals surface area contributed by atoms with Crippen molar-refractivity contribution in [3.05, 3.63) is 75.3 Å². The van der Waals surface area contributed by atoms with Crippen molar-refractivity contribution < 1.29 is 9.18 Å². The number of benzene rings is 2. The third kappa shape index (κ3) is 4.79. The van der Waals surface area contributed by atoms with Gasteiger partial charge < -0.3 is 9.47 Å². The van der Waals surface area contributed by atoms with Crippen LogP contribution in [0.3, 0.4) is 0 Å². The van der Waals surface area contributed by atoms with Crippen LogP contribution in [0.1, 0.15) is 19.5 Å². The van der Waals surface area contributed by atoms with Crippen LogP contribution in [0.15, 0.2) is 63.8 Å². The standard InChI is InChI=1S/C25H25Br2FN6O/c1-25(2,23-15-34(30-29-23)19-4-5-20(27)21(28)14-19)33-11-9-31(10-12-33)24(35)16-32-8-7-17-13-18(26)3-6-22(17)32/h3-8,13-15H,9-12,16H2,1-2H3. The first kappa shape index (κ1) is 24.1. The maximum atomic E-state index is 14.0. The molecule has 0 N–H and O–H groups in total. The molecule has 0 spiro atoms. The Balaban J connectivity index is 1.23. The summed E-state index contributed by atoms with van der Waals surface area (Å²) in [6.45, 7) is 7.30. The quantitative estimate of drug-likeness (QED) is 0.323. The minimum Gasteiger partial charge on any atom is -0.339 e. The van der Waals surface area contributed by atoms with E-state index in [1.54, 1.807) is 16.8 Å². The van der Waals surface area contributed by atoms with E-state index in [9.17, 15) is 9.18 Å². The van der Waals surface area contributed by atoms with Gasteiger partial charge in [0, 0.05) is 53.8 Å². The second-order valence-corrected chi connectivity index (χ2v) is 11.0. The minimum atomic E-state index is -0.384. The molecular formula is C25H25Br2FN6O. The van der Waals surface area contributed by atoms with E-state index >= 15 is 0 Å². The third-order valence-electron chi connectivity index (χ3n) is 6.75. The van der Waals surface area contributed by atoms with Gasteiger partial charge in [-0.2, -0.15) is 0 Å². The number of piperazine rings is 1. The number of hydrogen-bond acceptors (Lipinski definition) is 4. The molecule has 182 valence electrons. The molecule has 5 rings (SSSR count). The molecule has 2 aromatic heterocycles. The Bertz CT molecular complexity index is 1390. The Hall–Kier alpha value is -2.56. The third-order valence-corrected chi connectivity index (χ3v) is 7.89. The van der Waals surface area contributed by atoms with E-state index in [0.29, 0.717) is 29.8 Å². The van der Waals surface area contributed by atoms with Gasteiger partial charge in [0.15, 0.2) is 0 Å². The lowest BCUT2D eigenvalue weighted by Gasteiger charge is -2.43. The highest BCUT2D eigenvalue weighted by Gasteiger charge is 2.35. The van der Waals surface area contributed by atoms with Crippen molar-refractivity contribution in [2.75, 3.05) is 26.2 Å². The van der Waals surface area contributed by atoms with Gasteiger partial charge in [-0.3, -0.25) is 9.69 Å². The van der Waals surface area contributed by atoms with E-state index in [1.165, 1.54) is 6.07 Å². The molecule has 4 aromatic rings. The van der Waals surface area contributed by atoms with Crippen LogP contribution in [0.5, 0.6) is 0 Å². The summed E-state index contributed by atoms with van der Waals surface area (Å²) in [6, 6.07) is 13.0. The predicted molar refractivity (Wildman–Crippen MR) is 140 cm³/mol. The summed E-state index contributed by atoms with van der Waals surface area (Å²) in [5.74, 6) is -0.230. The van der Waals surface area contributed by atoms with Crippen molar-refractivity contribution in [2.45, 2.75) is 25.9 Å². The normalized spacial score (nSPS) is 15.2. The Morgan fingerprint density at radius 3 is 2.57 bits per heavy atom. The van der Waals surface area contributed by atoms with Gasteiger partial charge in [0.25, 0.3) is 0 Å². The number of hydrogen-bond donors (Lipinski definition) is 0. The molecule has 0 aliphatic carbocycles. The van der Waals surface area contributed by atoms with Crippen LogP contribution < -0.4 is 0 Å². The maximum absolute atomic E-state index is 14.0. The lowest BCUT2D eigenvalue weighted by molar-refractivity contribution is -0.134. The molecule has 1 aliphatic rings. The van der Waals surface area contributed by atoms with Crippen molar-refractivity contribution >= 4 is 48.7 Å². The fourth-order valence-corrected chi connectivity index (χ4v) is 5.15. The highest BCUT2D eigenvalue weighted by atomic mass is 79.9. The van der Waals surface area contributed by atoms with Crippen LogP contribution >= 0.6 is 31.9 Å². The summed E-state index contributed by atoms with van der Waals surface area (Å²) in [7, 11) is 0. The van der Waals surface area contributed by atoms with Gasteiger partial charge in [-0.1, -0.05) is 21.1 Å². The van der Waals surface area contributed by atoms with Crippen LogP contribution in [0.2, 0.25) is 0 Å². The van der Waals surface area contributed by atoms with Gasteiger partial charge in [0.05, 0.1) is 21.9 Å². The van der Waals surface area contributed by atoms with Crippen molar-refractivity contribution in [3.63, 3.8) is 0 Å². The van der Waals surface area contributed by atoms with Crippen molar-refractivity contribution in [1.82, 2.24) is 29.4 Å². The number of amides is 1. The summed E-state index contributed by atoms with van der Waals surface area (Å²) in [6.07, 6.45) is 3.81. The van der Waals surface area contributed by atoms with E-state index in [1.807, 2.05) is 40.1 Å². The molecule has 1 amide bonds. The molecule has 1 saturated heterocycles. The summed E-state index contributed by atoms with van der Waals surface area (Å²) in [5.41, 5.74) is 2.08. The average Bonchev–Trinajstić information content (AvgIpc) is 3.49. The largest absolute Gasteiger partial charge is 0.339 e. The zero-order valence-corrected chi connectivity index (χ0v) is 22.6. The molecule has 0 unspecified atom stereocenters. The Morgan fingerprint density at radius 1 is 1.06 bits per heavy atom. The fraction of sp³-hybridized carbons (Fsp3) is 0.320. The summed E-state index contributed by atoms with van der Waals surface area (Å²) in [5, 5.41) is 9.71. The van der Waals surface area contributed by atoms with Crippen molar-refractivity contribution in [1.29, 1.82) is 0 Å². The van der Waals surface area contributed by atoms with Crippen LogP contribution in [-0.2, 0) is 16.9 Å². The summed E-state index contributed by atoms with van der Waals surface area (Å²) >= 11 is 6.67. The first-order valence-electron chi connectivity index (χ1n) is 11.4. The van der Waals surface area contributed by atoms with Crippen LogP contribution in [0, 0.1) is 5.82 Å². The van der Waals surface area contributed by atoms with Gasteiger partial charge in [-0.05, 0) is 66.2 Å². The summed E-state index contributed by atoms with van der Waals surface area (Å²) in [4.78, 5) is 17.3. The van der Waals surface area contributed by atoms with Gasteiger partial charge in [0.2, 0.25) is 5.91 Å². The molecule has 0 saturated carbocycles. The highest BCUT2D eigenvalue weighted by molar-refractivity contribution is 9.10. The van der Waals surface area contributed by atoms with Gasteiger partial charge >= 0.3 is 0 Å². The molecule has 0 bridgehead atoms. The van der Waals surface area contributed by atoms with Gasteiger partial charge in [-0.25, -0.2) is 9.07 Å². The minimum absolute atomic E-state index is 0.117. The van der Waals surface area contributed by atoms with E-state index in [4.69, 9.17) is 0 Å². The van der Waals surface area contributed by atoms with Crippen molar-refractivity contribution in [2.24, 2.45) is 0 Å². The molecular weight excluding hydrogens is 579 g/mol. The SMILES string of the molecule is CC(C)(c1cn(-c2ccc(Br)c(F)c2)nn1)N1CCN(C(=O)Cn2ccc3cc(Br)ccc32)CC1. The molecule has 7 nitrogen and oxygen atoms in total. The van der Waals surface area contributed by atoms with E-state index in [2.05, 4.69) is 67.0 Å². The predicted octanol–water partition coefficient (Wildman–Crippen LogP) is 4.97. The zero-order valence-electron chi connectivity index (χ0n) is 19.5. The Morgan fingerprint density at radius 2 is 1.83 bits per heavy atom. The molecule has 1 fully saturated rings.